The molecule has 0 aliphatic carbocycles. The number of nitrogens with two attached hydrogens (primary N) is 1. The van der Waals surface area contributed by atoms with Crippen molar-refractivity contribution >= 4 is 23.8 Å². The van der Waals surface area contributed by atoms with Crippen LogP contribution in [0, 0.1) is 0 Å². The third kappa shape index (κ3) is 9.42. The van der Waals surface area contributed by atoms with Crippen molar-refractivity contribution in [1.82, 2.24) is 10.6 Å². The molecule has 23 heavy (non-hydrogen) atoms. The normalized spacial score (nSPS) is 13.0. The number of hydrogen-bond acceptors (Lipinski definition) is 6. The van der Waals surface area contributed by atoms with E-state index < -0.39 is 48.9 Å². The van der Waals surface area contributed by atoms with Gasteiger partial charge in [0.25, 0.3) is 0 Å². The van der Waals surface area contributed by atoms with Crippen LogP contribution >= 0.6 is 0 Å². The van der Waals surface area contributed by atoms with Crippen LogP contribution in [-0.4, -0.2) is 64.3 Å². The van der Waals surface area contributed by atoms with Gasteiger partial charge in [-0.05, 0) is 25.8 Å². The van der Waals surface area contributed by atoms with Crippen LogP contribution in [0.3, 0.4) is 0 Å². The van der Waals surface area contributed by atoms with Gasteiger partial charge in [-0.2, -0.15) is 0 Å². The molecule has 0 spiro atoms. The van der Waals surface area contributed by atoms with Crippen molar-refractivity contribution < 1.29 is 34.5 Å². The Morgan fingerprint density at radius 3 is 2.09 bits per heavy atom. The van der Waals surface area contributed by atoms with Crippen LogP contribution in [0.4, 0.5) is 0 Å². The molecule has 0 bridgehead atoms. The fraction of sp³-hybridized carbons (Fsp3) is 0.692. The molecule has 0 unspecified atom stereocenters. The molecule has 0 aromatic rings. The summed E-state index contributed by atoms with van der Waals surface area (Å²) in [6.07, 6.45) is 0.515. The topological polar surface area (TPSA) is 179 Å². The maximum atomic E-state index is 11.9. The minimum absolute atomic E-state index is 0.170. The molecule has 10 nitrogen and oxygen atoms in total. The minimum atomic E-state index is -1.34. The Kier molecular flexibility index (Phi) is 10.3. The van der Waals surface area contributed by atoms with Gasteiger partial charge in [-0.15, -0.1) is 0 Å². The monoisotopic (exact) mass is 333 g/mol. The van der Waals surface area contributed by atoms with Gasteiger partial charge < -0.3 is 31.7 Å². The Morgan fingerprint density at radius 2 is 1.61 bits per heavy atom. The zero-order chi connectivity index (χ0) is 17.8. The number of aliphatic carboxylic acids is 2. The van der Waals surface area contributed by atoms with E-state index in [0.29, 0.717) is 19.4 Å². The van der Waals surface area contributed by atoms with E-state index in [-0.39, 0.29) is 12.8 Å². The number of carbonyl (C=O) groups is 4. The number of aliphatic hydroxyl groups excluding tert-OH is 1. The van der Waals surface area contributed by atoms with Crippen molar-refractivity contribution in [3.05, 3.63) is 0 Å². The highest BCUT2D eigenvalue weighted by atomic mass is 16.4. The molecule has 2 amide bonds. The maximum absolute atomic E-state index is 11.9. The summed E-state index contributed by atoms with van der Waals surface area (Å²) in [6.45, 7) is -0.334. The van der Waals surface area contributed by atoms with E-state index in [1.54, 1.807) is 0 Å². The number of hydrogen-bond donors (Lipinski definition) is 6. The third-order valence-electron chi connectivity index (χ3n) is 2.96. The highest BCUT2D eigenvalue weighted by Crippen LogP contribution is 2.02. The number of carbonyl (C=O) groups excluding carboxylic acids is 2. The predicted octanol–water partition coefficient (Wildman–Crippen LogP) is -1.97. The largest absolute Gasteiger partial charge is 0.481 e. The van der Waals surface area contributed by atoms with Crippen LogP contribution in [0.1, 0.15) is 32.1 Å². The summed E-state index contributed by atoms with van der Waals surface area (Å²) in [7, 11) is 0. The van der Waals surface area contributed by atoms with Crippen molar-refractivity contribution in [2.45, 2.75) is 44.2 Å². The van der Waals surface area contributed by atoms with Crippen molar-refractivity contribution in [3.8, 4) is 0 Å². The van der Waals surface area contributed by atoms with E-state index in [1.165, 1.54) is 0 Å². The number of unbranched alkanes of at least 4 members (excludes halogenated alkanes) is 1. The average molecular weight is 333 g/mol. The number of carboxylic acid groups (broad SMARTS) is 2. The molecule has 132 valence electrons. The summed E-state index contributed by atoms with van der Waals surface area (Å²) >= 11 is 0. The first-order chi connectivity index (χ1) is 10.8. The van der Waals surface area contributed by atoms with Crippen LogP contribution in [0.25, 0.3) is 0 Å². The van der Waals surface area contributed by atoms with E-state index in [0.717, 1.165) is 0 Å². The van der Waals surface area contributed by atoms with Crippen molar-refractivity contribution in [1.29, 1.82) is 0 Å². The minimum Gasteiger partial charge on any atom is -0.481 e. The van der Waals surface area contributed by atoms with Gasteiger partial charge in [0.05, 0.1) is 13.0 Å². The molecule has 2 atom stereocenters. The second-order valence-corrected chi connectivity index (χ2v) is 4.88. The van der Waals surface area contributed by atoms with Gasteiger partial charge in [0, 0.05) is 6.42 Å². The summed E-state index contributed by atoms with van der Waals surface area (Å²) in [6, 6.07) is -2.49. The summed E-state index contributed by atoms with van der Waals surface area (Å²) in [4.78, 5) is 44.8. The summed E-state index contributed by atoms with van der Waals surface area (Å²) < 4.78 is 0. The lowest BCUT2D eigenvalue weighted by Crippen LogP contribution is -2.53. The van der Waals surface area contributed by atoms with Crippen LogP contribution in [0.2, 0.25) is 0 Å². The molecule has 0 heterocycles. The maximum Gasteiger partial charge on any atom is 0.326 e. The molecule has 0 rings (SSSR count). The first-order valence-electron chi connectivity index (χ1n) is 7.17. The zero-order valence-electron chi connectivity index (χ0n) is 12.7. The lowest BCUT2D eigenvalue weighted by atomic mass is 10.1. The van der Waals surface area contributed by atoms with Gasteiger partial charge in [0.1, 0.15) is 12.1 Å². The first-order valence-corrected chi connectivity index (χ1v) is 7.17. The third-order valence-corrected chi connectivity index (χ3v) is 2.96. The van der Waals surface area contributed by atoms with E-state index in [1.807, 2.05) is 0 Å². The number of aliphatic hydroxyl groups is 1. The van der Waals surface area contributed by atoms with Gasteiger partial charge in [0.15, 0.2) is 0 Å². The molecular weight excluding hydrogens is 310 g/mol. The van der Waals surface area contributed by atoms with E-state index >= 15 is 0 Å². The van der Waals surface area contributed by atoms with Crippen molar-refractivity contribution in [3.63, 3.8) is 0 Å². The average Bonchev–Trinajstić information content (AvgIpc) is 2.49. The summed E-state index contributed by atoms with van der Waals surface area (Å²) in [5.74, 6) is -3.98. The fourth-order valence-electron chi connectivity index (χ4n) is 1.70. The molecule has 0 saturated carbocycles. The molecule has 0 aliphatic heterocycles. The summed E-state index contributed by atoms with van der Waals surface area (Å²) in [5, 5.41) is 31.0. The van der Waals surface area contributed by atoms with Gasteiger partial charge in [-0.3, -0.25) is 14.4 Å². The van der Waals surface area contributed by atoms with Gasteiger partial charge in [-0.25, -0.2) is 4.79 Å². The molecular formula is C13H23N3O7. The predicted molar refractivity (Wildman–Crippen MR) is 78.4 cm³/mol. The second kappa shape index (κ2) is 11.4. The number of nitrogens with one attached hydrogen (secondary N) is 2. The SMILES string of the molecule is NCCCC[C@H](NC(=O)[C@H](CO)NC(=O)CCC(=O)O)C(=O)O. The molecule has 0 aromatic carbocycles. The fourth-order valence-corrected chi connectivity index (χ4v) is 1.70. The zero-order valence-corrected chi connectivity index (χ0v) is 12.7. The second-order valence-electron chi connectivity index (χ2n) is 4.88. The van der Waals surface area contributed by atoms with E-state index in [2.05, 4.69) is 10.6 Å². The molecule has 0 aliphatic rings. The molecule has 0 aromatic heterocycles. The lowest BCUT2D eigenvalue weighted by molar-refractivity contribution is -0.143. The van der Waals surface area contributed by atoms with Gasteiger partial charge >= 0.3 is 11.9 Å². The first kappa shape index (κ1) is 20.8. The lowest BCUT2D eigenvalue weighted by Gasteiger charge is -2.20. The molecule has 10 heteroatoms. The Labute approximate surface area is 133 Å². The number of carboxylic acids is 2. The Balaban J connectivity index is 4.51. The van der Waals surface area contributed by atoms with Gasteiger partial charge in [0.2, 0.25) is 11.8 Å². The van der Waals surface area contributed by atoms with Crippen LogP contribution in [0.15, 0.2) is 0 Å². The molecule has 0 radical (unpaired) electrons. The van der Waals surface area contributed by atoms with Crippen molar-refractivity contribution in [2.24, 2.45) is 5.73 Å². The summed E-state index contributed by atoms with van der Waals surface area (Å²) in [5.41, 5.74) is 5.31. The highest BCUT2D eigenvalue weighted by molar-refractivity contribution is 5.91. The van der Waals surface area contributed by atoms with E-state index in [9.17, 15) is 19.2 Å². The number of amides is 2. The quantitative estimate of drug-likeness (QED) is 0.222. The van der Waals surface area contributed by atoms with Crippen LogP contribution in [0.5, 0.6) is 0 Å². The Bertz CT molecular complexity index is 428. The van der Waals surface area contributed by atoms with Gasteiger partial charge in [-0.1, -0.05) is 0 Å². The molecule has 0 fully saturated rings. The van der Waals surface area contributed by atoms with E-state index in [4.69, 9.17) is 21.1 Å². The van der Waals surface area contributed by atoms with Crippen LogP contribution in [-0.2, 0) is 19.2 Å². The molecule has 0 saturated heterocycles. The number of rotatable bonds is 12. The Hall–Kier alpha value is -2.20. The smallest absolute Gasteiger partial charge is 0.326 e. The standard InChI is InChI=1S/C13H23N3O7/c14-6-2-1-3-8(13(22)23)16-12(21)9(7-17)15-10(18)4-5-11(19)20/h8-9,17H,1-7,14H2,(H,15,18)(H,16,21)(H,19,20)(H,22,23)/t8-,9-/m0/s1. The molecule has 7 N–H and O–H groups in total. The Morgan fingerprint density at radius 1 is 0.957 bits per heavy atom. The van der Waals surface area contributed by atoms with Crippen LogP contribution < -0.4 is 16.4 Å². The van der Waals surface area contributed by atoms with Crippen molar-refractivity contribution in [2.75, 3.05) is 13.2 Å². The highest BCUT2D eigenvalue weighted by Gasteiger charge is 2.25.